The van der Waals surface area contributed by atoms with Crippen LogP contribution in [0.1, 0.15) is 188 Å². The molecule has 0 radical (unpaired) electrons. The number of ether oxygens (including phenoxy) is 5. The number of hydrogen-bond acceptors (Lipinski definition) is 11. The normalized spacial score (nSPS) is 19.7. The molecule has 370 valence electrons. The first-order chi connectivity index (χ1) is 31.6. The fourth-order valence-corrected chi connectivity index (χ4v) is 6.95. The van der Waals surface area contributed by atoms with Crippen LogP contribution in [0.25, 0.3) is 0 Å². The molecule has 6 unspecified atom stereocenters. The number of unbranched alkanes of at least 4 members (excludes halogenated alkanes) is 14. The lowest BCUT2D eigenvalue weighted by atomic mass is 9.98. The molecule has 1 rings (SSSR count). The average Bonchev–Trinajstić information content (AvgIpc) is 3.29. The second-order valence-corrected chi connectivity index (χ2v) is 16.7. The van der Waals surface area contributed by atoms with Gasteiger partial charge in [-0.25, -0.2) is 4.79 Å². The van der Waals surface area contributed by atoms with E-state index in [2.05, 4.69) is 81.5 Å². The molecule has 12 heteroatoms. The van der Waals surface area contributed by atoms with E-state index in [9.17, 15) is 34.5 Å². The summed E-state index contributed by atoms with van der Waals surface area (Å²) in [5, 5.41) is 31.2. The number of aliphatic hydroxyl groups is 2. The fraction of sp³-hybridized carbons (Fsp3) is 0.698. The summed E-state index contributed by atoms with van der Waals surface area (Å²) in [6.45, 7) is 5.66. The number of rotatable bonds is 40. The summed E-state index contributed by atoms with van der Waals surface area (Å²) in [4.78, 5) is 50.6. The van der Waals surface area contributed by atoms with Gasteiger partial charge in [-0.2, -0.15) is 0 Å². The van der Waals surface area contributed by atoms with Crippen LogP contribution in [0.3, 0.4) is 0 Å². The molecule has 0 aromatic carbocycles. The van der Waals surface area contributed by atoms with E-state index in [-0.39, 0.29) is 25.9 Å². The standard InChI is InChI=1S/C53H86O12/c1-4-7-10-13-16-19-21-23-25-28-30-33-36-39-45(54)61-42-44(63-46(55)40-37-34-32-29-26-24-22-20-17-14-11-8-5-2)43-62-53-51(49(58)48(57)50(65-53)52(59)60)64-47(56)41-38-35-31-27-18-15-12-9-6-3/h7,10-11,14,16,19-20,22-23,25,30,33,44,48-51,53,57-58H,4-6,8-9,12-13,15,17-18,21,24,26-29,31-32,34-43H2,1-3H3,(H,59,60)/b10-7-,14-11-,19-16-,22-20-,25-23-,33-30-. The SMILES string of the molecule is CC/C=C\C/C=C\C/C=C\C/C=C\CCC(=O)OCC(COC1OC(C(=O)O)C(O)C(O)C1OC(=O)CCCCCCCCCCC)OC(=O)CCCCCCC/C=C\C/C=C\CCC. The second-order valence-electron chi connectivity index (χ2n) is 16.7. The predicted octanol–water partition coefficient (Wildman–Crippen LogP) is 11.4. The van der Waals surface area contributed by atoms with Crippen molar-refractivity contribution in [1.82, 2.24) is 0 Å². The Morgan fingerprint density at radius 3 is 1.60 bits per heavy atom. The van der Waals surface area contributed by atoms with Crippen molar-refractivity contribution < 1.29 is 58.2 Å². The third-order valence-corrected chi connectivity index (χ3v) is 10.8. The van der Waals surface area contributed by atoms with Crippen LogP contribution in [0.5, 0.6) is 0 Å². The number of carbonyl (C=O) groups excluding carboxylic acids is 3. The predicted molar refractivity (Wildman–Crippen MR) is 257 cm³/mol. The van der Waals surface area contributed by atoms with E-state index in [1.165, 1.54) is 25.7 Å². The lowest BCUT2D eigenvalue weighted by Gasteiger charge is -2.40. The minimum atomic E-state index is -1.91. The van der Waals surface area contributed by atoms with Crippen LogP contribution in [0.2, 0.25) is 0 Å². The third kappa shape index (κ3) is 32.5. The molecule has 0 aliphatic carbocycles. The molecule has 1 aliphatic rings. The number of carbonyl (C=O) groups is 4. The number of esters is 3. The molecular formula is C53H86O12. The van der Waals surface area contributed by atoms with Crippen LogP contribution >= 0.6 is 0 Å². The van der Waals surface area contributed by atoms with E-state index in [0.717, 1.165) is 103 Å². The van der Waals surface area contributed by atoms with Crippen molar-refractivity contribution in [3.05, 3.63) is 72.9 Å². The highest BCUT2D eigenvalue weighted by Gasteiger charge is 2.50. The highest BCUT2D eigenvalue weighted by molar-refractivity contribution is 5.74. The molecule has 1 fully saturated rings. The van der Waals surface area contributed by atoms with Gasteiger partial charge in [0.2, 0.25) is 0 Å². The number of aliphatic hydroxyl groups excluding tert-OH is 2. The monoisotopic (exact) mass is 915 g/mol. The van der Waals surface area contributed by atoms with Gasteiger partial charge in [0.15, 0.2) is 24.6 Å². The minimum absolute atomic E-state index is 0.0510. The van der Waals surface area contributed by atoms with Crippen LogP contribution in [0, 0.1) is 0 Å². The van der Waals surface area contributed by atoms with Gasteiger partial charge in [0, 0.05) is 19.3 Å². The molecule has 0 amide bonds. The topological polar surface area (TPSA) is 175 Å². The summed E-state index contributed by atoms with van der Waals surface area (Å²) in [5.74, 6) is -3.26. The lowest BCUT2D eigenvalue weighted by molar-refractivity contribution is -0.301. The van der Waals surface area contributed by atoms with Crippen molar-refractivity contribution in [2.45, 2.75) is 225 Å². The smallest absolute Gasteiger partial charge is 0.335 e. The largest absolute Gasteiger partial charge is 0.479 e. The van der Waals surface area contributed by atoms with E-state index < -0.39 is 67.3 Å². The van der Waals surface area contributed by atoms with Gasteiger partial charge in [-0.05, 0) is 70.6 Å². The molecule has 6 atom stereocenters. The summed E-state index contributed by atoms with van der Waals surface area (Å²) in [6.07, 6.45) is 37.8. The molecule has 0 bridgehead atoms. The Morgan fingerprint density at radius 2 is 1.03 bits per heavy atom. The Morgan fingerprint density at radius 1 is 0.523 bits per heavy atom. The summed E-state index contributed by atoms with van der Waals surface area (Å²) in [5.41, 5.74) is 0. The summed E-state index contributed by atoms with van der Waals surface area (Å²) in [6, 6.07) is 0. The Kier molecular flexibility index (Phi) is 37.9. The van der Waals surface area contributed by atoms with Crippen LogP contribution in [-0.4, -0.2) is 89.2 Å². The molecule has 1 saturated heterocycles. The van der Waals surface area contributed by atoms with Gasteiger partial charge < -0.3 is 39.0 Å². The van der Waals surface area contributed by atoms with Crippen LogP contribution in [-0.2, 0) is 42.9 Å². The van der Waals surface area contributed by atoms with Crippen molar-refractivity contribution >= 4 is 23.9 Å². The van der Waals surface area contributed by atoms with Gasteiger partial charge in [0.1, 0.15) is 18.8 Å². The summed E-state index contributed by atoms with van der Waals surface area (Å²) >= 11 is 0. The highest BCUT2D eigenvalue weighted by atomic mass is 16.7. The molecule has 0 aromatic heterocycles. The van der Waals surface area contributed by atoms with Crippen molar-refractivity contribution in [1.29, 1.82) is 0 Å². The van der Waals surface area contributed by atoms with Gasteiger partial charge in [-0.3, -0.25) is 14.4 Å². The van der Waals surface area contributed by atoms with Gasteiger partial charge >= 0.3 is 23.9 Å². The Labute approximate surface area is 391 Å². The molecular weight excluding hydrogens is 829 g/mol. The quantitative estimate of drug-likeness (QED) is 0.0230. The average molecular weight is 915 g/mol. The zero-order valence-electron chi connectivity index (χ0n) is 40.2. The van der Waals surface area contributed by atoms with Crippen LogP contribution < -0.4 is 0 Å². The molecule has 0 aromatic rings. The van der Waals surface area contributed by atoms with E-state index in [4.69, 9.17) is 23.7 Å². The van der Waals surface area contributed by atoms with Gasteiger partial charge in [-0.1, -0.05) is 171 Å². The molecule has 0 saturated carbocycles. The first-order valence-corrected chi connectivity index (χ1v) is 24.9. The molecule has 1 heterocycles. The van der Waals surface area contributed by atoms with E-state index in [0.29, 0.717) is 19.3 Å². The molecule has 12 nitrogen and oxygen atoms in total. The molecule has 3 N–H and O–H groups in total. The minimum Gasteiger partial charge on any atom is -0.479 e. The molecule has 1 aliphatic heterocycles. The van der Waals surface area contributed by atoms with E-state index >= 15 is 0 Å². The summed E-state index contributed by atoms with van der Waals surface area (Å²) < 4.78 is 28.1. The van der Waals surface area contributed by atoms with Gasteiger partial charge in [-0.15, -0.1) is 0 Å². The number of hydrogen-bond donors (Lipinski definition) is 3. The van der Waals surface area contributed by atoms with Crippen molar-refractivity contribution in [3.63, 3.8) is 0 Å². The number of carboxylic acids is 1. The first kappa shape index (κ1) is 59.2. The molecule has 0 spiro atoms. The summed E-state index contributed by atoms with van der Waals surface area (Å²) in [7, 11) is 0. The number of carboxylic acid groups (broad SMARTS) is 1. The molecule has 65 heavy (non-hydrogen) atoms. The van der Waals surface area contributed by atoms with Crippen molar-refractivity contribution in [2.75, 3.05) is 13.2 Å². The maximum Gasteiger partial charge on any atom is 0.335 e. The fourth-order valence-electron chi connectivity index (χ4n) is 6.95. The maximum absolute atomic E-state index is 13.0. The Hall–Kier alpha value is -3.84. The zero-order chi connectivity index (χ0) is 47.6. The van der Waals surface area contributed by atoms with E-state index in [1.54, 1.807) is 0 Å². The van der Waals surface area contributed by atoms with Crippen LogP contribution in [0.4, 0.5) is 0 Å². The zero-order valence-corrected chi connectivity index (χ0v) is 40.2. The second kappa shape index (κ2) is 41.6. The van der Waals surface area contributed by atoms with Crippen LogP contribution in [0.15, 0.2) is 72.9 Å². The Bertz CT molecular complexity index is 1410. The maximum atomic E-state index is 13.0. The van der Waals surface area contributed by atoms with Crippen molar-refractivity contribution in [2.24, 2.45) is 0 Å². The Balaban J connectivity index is 2.81. The number of allylic oxidation sites excluding steroid dienone is 12. The van der Waals surface area contributed by atoms with Gasteiger partial charge in [0.05, 0.1) is 6.61 Å². The third-order valence-electron chi connectivity index (χ3n) is 10.8. The van der Waals surface area contributed by atoms with Crippen molar-refractivity contribution in [3.8, 4) is 0 Å². The first-order valence-electron chi connectivity index (χ1n) is 24.9. The lowest BCUT2D eigenvalue weighted by Crippen LogP contribution is -2.61. The van der Waals surface area contributed by atoms with Gasteiger partial charge in [0.25, 0.3) is 0 Å². The number of aliphatic carboxylic acids is 1. The van der Waals surface area contributed by atoms with E-state index in [1.807, 2.05) is 12.2 Å². The highest BCUT2D eigenvalue weighted by Crippen LogP contribution is 2.26.